The first-order valence-corrected chi connectivity index (χ1v) is 7.22. The van der Waals surface area contributed by atoms with Crippen molar-refractivity contribution in [1.29, 1.82) is 0 Å². The Bertz CT molecular complexity index is 339. The summed E-state index contributed by atoms with van der Waals surface area (Å²) in [5, 5.41) is 9.09. The second kappa shape index (κ2) is 5.79. The number of urea groups is 1. The molecule has 0 bridgehead atoms. The number of nitrogens with zero attached hydrogens (tertiary/aromatic N) is 2. The first-order chi connectivity index (χ1) is 8.59. The lowest BCUT2D eigenvalue weighted by molar-refractivity contribution is -0.140. The summed E-state index contributed by atoms with van der Waals surface area (Å²) in [5.41, 5.74) is 0. The zero-order valence-electron chi connectivity index (χ0n) is 10.4. The molecule has 1 unspecified atom stereocenters. The van der Waals surface area contributed by atoms with E-state index < -0.39 is 12.0 Å². The molecule has 0 aromatic heterocycles. The van der Waals surface area contributed by atoms with Gasteiger partial charge in [0.2, 0.25) is 0 Å². The molecule has 2 fully saturated rings. The number of thioether (sulfide) groups is 1. The van der Waals surface area contributed by atoms with Crippen LogP contribution in [-0.2, 0) is 9.53 Å². The largest absolute Gasteiger partial charge is 0.480 e. The van der Waals surface area contributed by atoms with Crippen LogP contribution in [-0.4, -0.2) is 70.4 Å². The smallest absolute Gasteiger partial charge is 0.327 e. The van der Waals surface area contributed by atoms with Crippen LogP contribution >= 0.6 is 11.8 Å². The predicted molar refractivity (Wildman–Crippen MR) is 67.6 cm³/mol. The van der Waals surface area contributed by atoms with Gasteiger partial charge in [-0.25, -0.2) is 9.59 Å². The SMILES string of the molecule is CC1CN(C(=O)N2CSC[C@H]2C(=O)O)CCCO1. The number of amides is 2. The summed E-state index contributed by atoms with van der Waals surface area (Å²) in [4.78, 5) is 26.6. The van der Waals surface area contributed by atoms with Gasteiger partial charge in [-0.05, 0) is 13.3 Å². The maximum absolute atomic E-state index is 12.3. The molecule has 18 heavy (non-hydrogen) atoms. The minimum Gasteiger partial charge on any atom is -0.480 e. The van der Waals surface area contributed by atoms with Gasteiger partial charge in [0.15, 0.2) is 0 Å². The van der Waals surface area contributed by atoms with Crippen molar-refractivity contribution in [2.45, 2.75) is 25.5 Å². The van der Waals surface area contributed by atoms with Gasteiger partial charge >= 0.3 is 12.0 Å². The Morgan fingerprint density at radius 3 is 2.94 bits per heavy atom. The number of hydrogen-bond donors (Lipinski definition) is 1. The van der Waals surface area contributed by atoms with E-state index >= 15 is 0 Å². The number of carboxylic acid groups (broad SMARTS) is 1. The highest BCUT2D eigenvalue weighted by molar-refractivity contribution is 7.99. The first kappa shape index (κ1) is 13.5. The van der Waals surface area contributed by atoms with Gasteiger partial charge in [-0.1, -0.05) is 0 Å². The summed E-state index contributed by atoms with van der Waals surface area (Å²) in [7, 11) is 0. The van der Waals surface area contributed by atoms with Crippen LogP contribution in [0.4, 0.5) is 4.79 Å². The third-order valence-electron chi connectivity index (χ3n) is 3.14. The van der Waals surface area contributed by atoms with Crippen LogP contribution in [0.15, 0.2) is 0 Å². The second-order valence-corrected chi connectivity index (χ2v) is 5.59. The minimum atomic E-state index is -0.924. The van der Waals surface area contributed by atoms with Crippen molar-refractivity contribution >= 4 is 23.8 Å². The summed E-state index contributed by atoms with van der Waals surface area (Å²) < 4.78 is 5.49. The second-order valence-electron chi connectivity index (χ2n) is 4.59. The fourth-order valence-electron chi connectivity index (χ4n) is 2.19. The first-order valence-electron chi connectivity index (χ1n) is 6.07. The third kappa shape index (κ3) is 2.89. The standard InChI is InChI=1S/C11H18N2O4S/c1-8-5-12(3-2-4-17-8)11(16)13-7-18-6-9(13)10(14)15/h8-9H,2-7H2,1H3,(H,14,15)/t8?,9-/m0/s1. The fraction of sp³-hybridized carbons (Fsp3) is 0.818. The molecule has 6 nitrogen and oxygen atoms in total. The van der Waals surface area contributed by atoms with Crippen molar-refractivity contribution < 1.29 is 19.4 Å². The molecule has 0 aromatic carbocycles. The number of aliphatic carboxylic acids is 1. The third-order valence-corrected chi connectivity index (χ3v) is 4.15. The lowest BCUT2D eigenvalue weighted by atomic mass is 10.3. The molecule has 2 amide bonds. The summed E-state index contributed by atoms with van der Waals surface area (Å²) in [6.07, 6.45) is 0.810. The number of ether oxygens (including phenoxy) is 1. The van der Waals surface area contributed by atoms with Crippen molar-refractivity contribution in [3.63, 3.8) is 0 Å². The molecule has 0 aromatic rings. The molecule has 1 N–H and O–H groups in total. The van der Waals surface area contributed by atoms with Crippen LogP contribution in [0.5, 0.6) is 0 Å². The molecule has 2 saturated heterocycles. The van der Waals surface area contributed by atoms with E-state index in [4.69, 9.17) is 9.84 Å². The highest BCUT2D eigenvalue weighted by Crippen LogP contribution is 2.23. The van der Waals surface area contributed by atoms with E-state index in [1.807, 2.05) is 6.92 Å². The Morgan fingerprint density at radius 1 is 1.44 bits per heavy atom. The van der Waals surface area contributed by atoms with Crippen LogP contribution in [0.3, 0.4) is 0 Å². The molecule has 0 radical (unpaired) electrons. The van der Waals surface area contributed by atoms with E-state index in [9.17, 15) is 9.59 Å². The normalized spacial score (nSPS) is 29.2. The maximum atomic E-state index is 12.3. The Balaban J connectivity index is 2.03. The van der Waals surface area contributed by atoms with Crippen molar-refractivity contribution in [2.24, 2.45) is 0 Å². The number of rotatable bonds is 1. The molecule has 7 heteroatoms. The van der Waals surface area contributed by atoms with Crippen LogP contribution < -0.4 is 0 Å². The van der Waals surface area contributed by atoms with Crippen molar-refractivity contribution in [3.05, 3.63) is 0 Å². The van der Waals surface area contributed by atoms with Crippen molar-refractivity contribution in [1.82, 2.24) is 9.80 Å². The Morgan fingerprint density at radius 2 is 2.22 bits per heavy atom. The minimum absolute atomic E-state index is 0.00924. The van der Waals surface area contributed by atoms with Gasteiger partial charge in [0.1, 0.15) is 6.04 Å². The highest BCUT2D eigenvalue weighted by Gasteiger charge is 2.37. The van der Waals surface area contributed by atoms with E-state index in [2.05, 4.69) is 0 Å². The van der Waals surface area contributed by atoms with Gasteiger partial charge in [0.25, 0.3) is 0 Å². The highest BCUT2D eigenvalue weighted by atomic mass is 32.2. The van der Waals surface area contributed by atoms with Gasteiger partial charge in [0.05, 0.1) is 12.0 Å². The molecular weight excluding hydrogens is 256 g/mol. The van der Waals surface area contributed by atoms with Crippen molar-refractivity contribution in [2.75, 3.05) is 31.3 Å². The van der Waals surface area contributed by atoms with Gasteiger partial charge < -0.3 is 19.6 Å². The van der Waals surface area contributed by atoms with E-state index in [1.54, 1.807) is 4.90 Å². The summed E-state index contributed by atoms with van der Waals surface area (Å²) >= 11 is 1.48. The molecule has 2 rings (SSSR count). The Hall–Kier alpha value is -0.950. The van der Waals surface area contributed by atoms with Gasteiger partial charge in [-0.2, -0.15) is 0 Å². The quantitative estimate of drug-likeness (QED) is 0.761. The average Bonchev–Trinajstić information content (AvgIpc) is 2.72. The molecular formula is C11H18N2O4S. The lowest BCUT2D eigenvalue weighted by Gasteiger charge is -2.29. The fourth-order valence-corrected chi connectivity index (χ4v) is 3.32. The lowest BCUT2D eigenvalue weighted by Crippen LogP contribution is -2.50. The van der Waals surface area contributed by atoms with Gasteiger partial charge in [0, 0.05) is 25.4 Å². The van der Waals surface area contributed by atoms with Crippen LogP contribution in [0, 0.1) is 0 Å². The summed E-state index contributed by atoms with van der Waals surface area (Å²) in [5.74, 6) is 0.00940. The number of carbonyl (C=O) groups is 2. The van der Waals surface area contributed by atoms with E-state index in [-0.39, 0.29) is 12.1 Å². The Labute approximate surface area is 110 Å². The predicted octanol–water partition coefficient (Wildman–Crippen LogP) is 0.677. The zero-order chi connectivity index (χ0) is 13.1. The molecule has 2 heterocycles. The number of hydrogen-bond acceptors (Lipinski definition) is 4. The summed E-state index contributed by atoms with van der Waals surface area (Å²) in [6, 6.07) is -0.869. The molecule has 2 aliphatic rings. The van der Waals surface area contributed by atoms with E-state index in [0.29, 0.717) is 31.3 Å². The Kier molecular flexibility index (Phi) is 4.34. The van der Waals surface area contributed by atoms with Gasteiger partial charge in [-0.15, -0.1) is 11.8 Å². The maximum Gasteiger partial charge on any atom is 0.327 e. The number of carboxylic acids is 1. The molecule has 2 aliphatic heterocycles. The average molecular weight is 274 g/mol. The van der Waals surface area contributed by atoms with Crippen LogP contribution in [0.1, 0.15) is 13.3 Å². The monoisotopic (exact) mass is 274 g/mol. The summed E-state index contributed by atoms with van der Waals surface area (Å²) in [6.45, 7) is 3.75. The van der Waals surface area contributed by atoms with Crippen LogP contribution in [0.2, 0.25) is 0 Å². The van der Waals surface area contributed by atoms with E-state index in [0.717, 1.165) is 6.42 Å². The number of carbonyl (C=O) groups excluding carboxylic acids is 1. The van der Waals surface area contributed by atoms with E-state index in [1.165, 1.54) is 16.7 Å². The van der Waals surface area contributed by atoms with Crippen LogP contribution in [0.25, 0.3) is 0 Å². The molecule has 0 aliphatic carbocycles. The topological polar surface area (TPSA) is 70.1 Å². The molecule has 2 atom stereocenters. The molecule has 0 spiro atoms. The van der Waals surface area contributed by atoms with Crippen molar-refractivity contribution in [3.8, 4) is 0 Å². The molecule has 102 valence electrons. The molecule has 0 saturated carbocycles. The van der Waals surface area contributed by atoms with Gasteiger partial charge in [-0.3, -0.25) is 0 Å². The zero-order valence-corrected chi connectivity index (χ0v) is 11.2.